The van der Waals surface area contributed by atoms with Gasteiger partial charge in [0, 0.05) is 31.6 Å². The lowest BCUT2D eigenvalue weighted by atomic mass is 10.0. The van der Waals surface area contributed by atoms with E-state index in [1.807, 2.05) is 11.0 Å². The number of hydrogen-bond donors (Lipinski definition) is 1. The number of carbonyl (C=O) groups is 1. The fourth-order valence-electron chi connectivity index (χ4n) is 3.69. The second kappa shape index (κ2) is 5.56. The Bertz CT molecular complexity index is 571. The number of rotatable bonds is 1. The number of likely N-dealkylation sites (tertiary alicyclic amines) is 1. The number of aryl methyl sites for hydroxylation is 2. The van der Waals surface area contributed by atoms with Gasteiger partial charge in [-0.3, -0.25) is 0 Å². The lowest BCUT2D eigenvalue weighted by Crippen LogP contribution is -2.48. The number of fused-ring (bicyclic) bond motifs is 1. The third-order valence-electron chi connectivity index (χ3n) is 4.98. The molecule has 0 aromatic heterocycles. The number of piperidine rings is 1. The minimum atomic E-state index is -0.426. The molecule has 2 amide bonds. The van der Waals surface area contributed by atoms with Gasteiger partial charge in [0.05, 0.1) is 13.2 Å². The summed E-state index contributed by atoms with van der Waals surface area (Å²) < 4.78 is 11.4. The summed E-state index contributed by atoms with van der Waals surface area (Å²) in [7, 11) is 0. The van der Waals surface area contributed by atoms with Crippen molar-refractivity contribution in [3.63, 3.8) is 0 Å². The van der Waals surface area contributed by atoms with Gasteiger partial charge in [0.15, 0.2) is 5.79 Å². The van der Waals surface area contributed by atoms with Crippen molar-refractivity contribution in [3.8, 4) is 0 Å². The number of nitrogens with one attached hydrogen (secondary N) is 1. The molecule has 0 atom stereocenters. The first-order valence-corrected chi connectivity index (χ1v) is 8.20. The zero-order chi connectivity index (χ0) is 15.0. The van der Waals surface area contributed by atoms with Gasteiger partial charge in [-0.15, -0.1) is 0 Å². The maximum atomic E-state index is 12.4. The van der Waals surface area contributed by atoms with E-state index in [0.717, 1.165) is 31.4 Å². The number of amides is 2. The number of urea groups is 1. The van der Waals surface area contributed by atoms with E-state index >= 15 is 0 Å². The van der Waals surface area contributed by atoms with Crippen LogP contribution in [0.5, 0.6) is 0 Å². The highest BCUT2D eigenvalue weighted by molar-refractivity contribution is 5.89. The smallest absolute Gasteiger partial charge is 0.321 e. The average Bonchev–Trinajstić information content (AvgIpc) is 3.17. The molecule has 1 N–H and O–H groups in total. The van der Waals surface area contributed by atoms with Gasteiger partial charge < -0.3 is 19.7 Å². The number of nitrogens with zero attached hydrogens (tertiary/aromatic N) is 1. The Kier molecular flexibility index (Phi) is 3.54. The SMILES string of the molecule is O=C(Nc1ccc2c(c1)CCC2)N1CCC2(CC1)OCCO2. The molecule has 1 aromatic carbocycles. The Morgan fingerprint density at radius 1 is 1.09 bits per heavy atom. The minimum Gasteiger partial charge on any atom is -0.347 e. The van der Waals surface area contributed by atoms with Crippen LogP contribution in [0, 0.1) is 0 Å². The fraction of sp³-hybridized carbons (Fsp3) is 0.588. The van der Waals surface area contributed by atoms with Gasteiger partial charge in [-0.1, -0.05) is 6.07 Å². The van der Waals surface area contributed by atoms with E-state index in [9.17, 15) is 4.79 Å². The molecule has 0 radical (unpaired) electrons. The van der Waals surface area contributed by atoms with E-state index in [1.165, 1.54) is 17.5 Å². The molecule has 0 unspecified atom stereocenters. The summed E-state index contributed by atoms with van der Waals surface area (Å²) in [6.07, 6.45) is 5.02. The molecule has 2 fully saturated rings. The number of anilines is 1. The molecule has 1 aromatic rings. The second-order valence-corrected chi connectivity index (χ2v) is 6.36. The Morgan fingerprint density at radius 2 is 1.82 bits per heavy atom. The first-order valence-electron chi connectivity index (χ1n) is 8.20. The van der Waals surface area contributed by atoms with Crippen molar-refractivity contribution in [1.29, 1.82) is 0 Å². The third-order valence-corrected chi connectivity index (χ3v) is 4.98. The molecule has 2 heterocycles. The number of carbonyl (C=O) groups excluding carboxylic acids is 1. The average molecular weight is 302 g/mol. The van der Waals surface area contributed by atoms with E-state index < -0.39 is 5.79 Å². The molecule has 2 aliphatic heterocycles. The summed E-state index contributed by atoms with van der Waals surface area (Å²) >= 11 is 0. The standard InChI is InChI=1S/C17H22N2O3/c20-16(18-15-5-4-13-2-1-3-14(13)12-15)19-8-6-17(7-9-19)21-10-11-22-17/h4-5,12H,1-3,6-11H2,(H,18,20). The zero-order valence-electron chi connectivity index (χ0n) is 12.8. The van der Waals surface area contributed by atoms with Crippen LogP contribution in [0.1, 0.15) is 30.4 Å². The summed E-state index contributed by atoms with van der Waals surface area (Å²) in [5.41, 5.74) is 3.70. The Balaban J connectivity index is 1.36. The molecule has 118 valence electrons. The van der Waals surface area contributed by atoms with E-state index in [0.29, 0.717) is 26.3 Å². The monoisotopic (exact) mass is 302 g/mol. The highest BCUT2D eigenvalue weighted by atomic mass is 16.7. The van der Waals surface area contributed by atoms with Crippen LogP contribution in [0.15, 0.2) is 18.2 Å². The van der Waals surface area contributed by atoms with Crippen molar-refractivity contribution in [2.45, 2.75) is 37.9 Å². The quantitative estimate of drug-likeness (QED) is 0.867. The van der Waals surface area contributed by atoms with Crippen molar-refractivity contribution in [2.75, 3.05) is 31.6 Å². The van der Waals surface area contributed by atoms with E-state index in [4.69, 9.17) is 9.47 Å². The second-order valence-electron chi connectivity index (χ2n) is 6.36. The lowest BCUT2D eigenvalue weighted by Gasteiger charge is -2.37. The largest absolute Gasteiger partial charge is 0.347 e. The van der Waals surface area contributed by atoms with E-state index in [1.54, 1.807) is 0 Å². The number of hydrogen-bond acceptors (Lipinski definition) is 3. The number of ether oxygens (including phenoxy) is 2. The first kappa shape index (κ1) is 14.0. The number of benzene rings is 1. The van der Waals surface area contributed by atoms with Gasteiger partial charge in [0.25, 0.3) is 0 Å². The molecule has 3 aliphatic rings. The Hall–Kier alpha value is -1.59. The van der Waals surface area contributed by atoms with Crippen molar-refractivity contribution in [1.82, 2.24) is 4.90 Å². The summed E-state index contributed by atoms with van der Waals surface area (Å²) in [4.78, 5) is 14.3. The molecule has 5 nitrogen and oxygen atoms in total. The highest BCUT2D eigenvalue weighted by Gasteiger charge is 2.40. The molecule has 0 saturated carbocycles. The topological polar surface area (TPSA) is 50.8 Å². The molecule has 5 heteroatoms. The van der Waals surface area contributed by atoms with Crippen LogP contribution in [-0.4, -0.2) is 43.0 Å². The molecule has 0 bridgehead atoms. The van der Waals surface area contributed by atoms with Crippen molar-refractivity contribution in [2.24, 2.45) is 0 Å². The van der Waals surface area contributed by atoms with Crippen LogP contribution in [0.3, 0.4) is 0 Å². The molecule has 1 aliphatic carbocycles. The zero-order valence-corrected chi connectivity index (χ0v) is 12.8. The van der Waals surface area contributed by atoms with Crippen molar-refractivity contribution < 1.29 is 14.3 Å². The van der Waals surface area contributed by atoms with Crippen molar-refractivity contribution >= 4 is 11.7 Å². The van der Waals surface area contributed by atoms with Crippen LogP contribution < -0.4 is 5.32 Å². The Morgan fingerprint density at radius 3 is 2.59 bits per heavy atom. The van der Waals surface area contributed by atoms with Gasteiger partial charge in [0.1, 0.15) is 0 Å². The molecule has 22 heavy (non-hydrogen) atoms. The lowest BCUT2D eigenvalue weighted by molar-refractivity contribution is -0.181. The summed E-state index contributed by atoms with van der Waals surface area (Å²) in [6.45, 7) is 2.69. The molecular weight excluding hydrogens is 280 g/mol. The van der Waals surface area contributed by atoms with Gasteiger partial charge in [0.2, 0.25) is 0 Å². The molecular formula is C17H22N2O3. The third kappa shape index (κ3) is 2.59. The minimum absolute atomic E-state index is 0.0224. The van der Waals surface area contributed by atoms with Crippen LogP contribution in [-0.2, 0) is 22.3 Å². The van der Waals surface area contributed by atoms with Crippen molar-refractivity contribution in [3.05, 3.63) is 29.3 Å². The van der Waals surface area contributed by atoms with Crippen LogP contribution >= 0.6 is 0 Å². The maximum absolute atomic E-state index is 12.4. The van der Waals surface area contributed by atoms with Gasteiger partial charge in [-0.25, -0.2) is 4.79 Å². The molecule has 4 rings (SSSR count). The molecule has 2 saturated heterocycles. The van der Waals surface area contributed by atoms with Crippen LogP contribution in [0.2, 0.25) is 0 Å². The molecule has 1 spiro atoms. The maximum Gasteiger partial charge on any atom is 0.321 e. The summed E-state index contributed by atoms with van der Waals surface area (Å²) in [5.74, 6) is -0.426. The Labute approximate surface area is 130 Å². The van der Waals surface area contributed by atoms with Crippen LogP contribution in [0.25, 0.3) is 0 Å². The van der Waals surface area contributed by atoms with Gasteiger partial charge in [-0.2, -0.15) is 0 Å². The highest BCUT2D eigenvalue weighted by Crippen LogP contribution is 2.31. The summed E-state index contributed by atoms with van der Waals surface area (Å²) in [6, 6.07) is 6.25. The predicted octanol–water partition coefficient (Wildman–Crippen LogP) is 2.55. The summed E-state index contributed by atoms with van der Waals surface area (Å²) in [5, 5.41) is 3.03. The van der Waals surface area contributed by atoms with E-state index in [-0.39, 0.29) is 6.03 Å². The van der Waals surface area contributed by atoms with E-state index in [2.05, 4.69) is 17.4 Å². The normalized spacial score (nSPS) is 22.8. The van der Waals surface area contributed by atoms with Gasteiger partial charge >= 0.3 is 6.03 Å². The predicted molar refractivity (Wildman–Crippen MR) is 82.9 cm³/mol. The van der Waals surface area contributed by atoms with Gasteiger partial charge in [-0.05, 0) is 42.5 Å². The van der Waals surface area contributed by atoms with Crippen LogP contribution in [0.4, 0.5) is 10.5 Å². The first-order chi connectivity index (χ1) is 10.7. The fourth-order valence-corrected chi connectivity index (χ4v) is 3.69.